The molecule has 3 heterocycles. The number of hydrogen-bond donors (Lipinski definition) is 0. The third kappa shape index (κ3) is 4.85. The fraction of sp³-hybridized carbons (Fsp3) is 0. The molecule has 0 bridgehead atoms. The van der Waals surface area contributed by atoms with Gasteiger partial charge in [0.2, 0.25) is 0 Å². The van der Waals surface area contributed by atoms with Crippen molar-refractivity contribution in [1.82, 2.24) is 0 Å². The zero-order valence-corrected chi connectivity index (χ0v) is 29.8. The fourth-order valence-corrected chi connectivity index (χ4v) is 10.9. The second kappa shape index (κ2) is 11.5. The summed E-state index contributed by atoms with van der Waals surface area (Å²) in [7, 11) is 0. The topological polar surface area (TPSA) is 0 Å². The first kappa shape index (κ1) is 29.2. The lowest BCUT2D eigenvalue weighted by atomic mass is 9.96. The monoisotopic (exact) mass is 700 g/mol. The van der Waals surface area contributed by atoms with Gasteiger partial charge < -0.3 is 0 Å². The van der Waals surface area contributed by atoms with Crippen LogP contribution in [0, 0.1) is 0 Å². The van der Waals surface area contributed by atoms with Crippen molar-refractivity contribution in [2.75, 3.05) is 0 Å². The smallest absolute Gasteiger partial charge is 0.0355 e. The second-order valence-corrected chi connectivity index (χ2v) is 16.6. The molecule has 0 saturated carbocycles. The van der Waals surface area contributed by atoms with E-state index in [2.05, 4.69) is 170 Å². The van der Waals surface area contributed by atoms with Crippen molar-refractivity contribution in [2.24, 2.45) is 0 Å². The van der Waals surface area contributed by atoms with Crippen LogP contribution in [0.4, 0.5) is 0 Å². The maximum Gasteiger partial charge on any atom is 0.0355 e. The summed E-state index contributed by atoms with van der Waals surface area (Å²) in [6.45, 7) is 0. The van der Waals surface area contributed by atoms with E-state index in [0.29, 0.717) is 0 Å². The average Bonchev–Trinajstić information content (AvgIpc) is 3.88. The number of hydrogen-bond acceptors (Lipinski definition) is 3. The standard InChI is InChI=1S/C48H28S3/c1-3-13-43-37(11-1)39-25-33(15-19-45(39)49-43)29-7-5-9-31(23-29)35-17-21-47-41(27-35)42-28-36(18-22-48(42)51-47)32-10-6-8-30(24-32)34-16-20-46-40(26-34)38-12-2-4-14-44(38)50-46/h1-28H. The maximum absolute atomic E-state index is 2.39. The molecule has 8 aromatic carbocycles. The Bertz CT molecular complexity index is 2940. The van der Waals surface area contributed by atoms with Crippen LogP contribution in [0.25, 0.3) is 105 Å². The molecule has 0 aliphatic rings. The first-order valence-corrected chi connectivity index (χ1v) is 19.7. The Balaban J connectivity index is 0.965. The van der Waals surface area contributed by atoms with Crippen LogP contribution in [0.2, 0.25) is 0 Å². The quantitative estimate of drug-likeness (QED) is 0.171. The molecule has 0 aliphatic carbocycles. The third-order valence-electron chi connectivity index (χ3n) is 10.3. The Kier molecular flexibility index (Phi) is 6.57. The van der Waals surface area contributed by atoms with Crippen LogP contribution in [-0.4, -0.2) is 0 Å². The van der Waals surface area contributed by atoms with Gasteiger partial charge in [-0.1, -0.05) is 97.1 Å². The van der Waals surface area contributed by atoms with E-state index in [9.17, 15) is 0 Å². The molecule has 0 nitrogen and oxygen atoms in total. The minimum atomic E-state index is 1.24. The Morgan fingerprint density at radius 1 is 0.196 bits per heavy atom. The molecule has 51 heavy (non-hydrogen) atoms. The molecule has 0 atom stereocenters. The SMILES string of the molecule is c1cc(-c2ccc3sc4ccccc4c3c2)cc(-c2ccc3sc4ccc(-c5cccc(-c6ccc7sc8ccccc8c7c6)c5)cc4c3c2)c1. The molecular formula is C48H28S3. The predicted octanol–water partition coefficient (Wildman–Crippen LogP) is 15.5. The first-order valence-electron chi connectivity index (χ1n) is 17.2. The van der Waals surface area contributed by atoms with Crippen LogP contribution in [0.1, 0.15) is 0 Å². The summed E-state index contributed by atoms with van der Waals surface area (Å²) in [6.07, 6.45) is 0. The number of thiophene rings is 3. The van der Waals surface area contributed by atoms with Gasteiger partial charge in [-0.25, -0.2) is 0 Å². The predicted molar refractivity (Wildman–Crippen MR) is 227 cm³/mol. The van der Waals surface area contributed by atoms with Gasteiger partial charge in [0.15, 0.2) is 0 Å². The van der Waals surface area contributed by atoms with E-state index in [4.69, 9.17) is 0 Å². The van der Waals surface area contributed by atoms with Gasteiger partial charge in [-0.05, 0) is 117 Å². The van der Waals surface area contributed by atoms with Crippen molar-refractivity contribution in [1.29, 1.82) is 0 Å². The molecule has 11 rings (SSSR count). The van der Waals surface area contributed by atoms with E-state index in [1.807, 2.05) is 34.0 Å². The molecule has 0 aliphatic heterocycles. The van der Waals surface area contributed by atoms with Crippen LogP contribution < -0.4 is 0 Å². The summed E-state index contributed by atoms with van der Waals surface area (Å²) in [6, 6.07) is 63.3. The van der Waals surface area contributed by atoms with E-state index < -0.39 is 0 Å². The van der Waals surface area contributed by atoms with Crippen molar-refractivity contribution in [3.8, 4) is 44.5 Å². The summed E-state index contributed by atoms with van der Waals surface area (Å²) in [5, 5.41) is 7.98. The van der Waals surface area contributed by atoms with Crippen LogP contribution in [0.5, 0.6) is 0 Å². The van der Waals surface area contributed by atoms with Crippen LogP contribution >= 0.6 is 34.0 Å². The van der Waals surface area contributed by atoms with Gasteiger partial charge in [-0.2, -0.15) is 0 Å². The van der Waals surface area contributed by atoms with Crippen molar-refractivity contribution in [2.45, 2.75) is 0 Å². The molecule has 0 spiro atoms. The van der Waals surface area contributed by atoms with E-state index in [0.717, 1.165) is 0 Å². The van der Waals surface area contributed by atoms with Crippen molar-refractivity contribution >= 4 is 94.5 Å². The number of rotatable bonds is 4. The molecule has 0 radical (unpaired) electrons. The van der Waals surface area contributed by atoms with Crippen LogP contribution in [0.3, 0.4) is 0 Å². The van der Waals surface area contributed by atoms with Gasteiger partial charge in [0.25, 0.3) is 0 Å². The lowest BCUT2D eigenvalue weighted by Crippen LogP contribution is -1.83. The van der Waals surface area contributed by atoms with Gasteiger partial charge >= 0.3 is 0 Å². The summed E-state index contributed by atoms with van der Waals surface area (Å²) in [4.78, 5) is 0. The summed E-state index contributed by atoms with van der Waals surface area (Å²) < 4.78 is 8.01. The second-order valence-electron chi connectivity index (χ2n) is 13.3. The van der Waals surface area contributed by atoms with Gasteiger partial charge in [0.05, 0.1) is 0 Å². The van der Waals surface area contributed by atoms with Crippen molar-refractivity contribution < 1.29 is 0 Å². The van der Waals surface area contributed by atoms with E-state index in [1.165, 1.54) is 105 Å². The van der Waals surface area contributed by atoms with Crippen molar-refractivity contribution in [3.05, 3.63) is 170 Å². The van der Waals surface area contributed by atoms with E-state index >= 15 is 0 Å². The molecule has 3 aromatic heterocycles. The Morgan fingerprint density at radius 2 is 0.471 bits per heavy atom. The largest absolute Gasteiger partial charge is 0.135 e. The normalized spacial score (nSPS) is 11.9. The molecule has 3 heteroatoms. The zero-order chi connectivity index (χ0) is 33.5. The van der Waals surface area contributed by atoms with Crippen LogP contribution in [-0.2, 0) is 0 Å². The minimum Gasteiger partial charge on any atom is -0.135 e. The average molecular weight is 701 g/mol. The highest BCUT2D eigenvalue weighted by molar-refractivity contribution is 7.26. The number of benzene rings is 8. The molecule has 0 saturated heterocycles. The zero-order valence-electron chi connectivity index (χ0n) is 27.4. The third-order valence-corrected chi connectivity index (χ3v) is 13.7. The van der Waals surface area contributed by atoms with Crippen LogP contribution in [0.15, 0.2) is 170 Å². The lowest BCUT2D eigenvalue weighted by Gasteiger charge is -2.08. The lowest BCUT2D eigenvalue weighted by molar-refractivity contribution is 1.62. The summed E-state index contributed by atoms with van der Waals surface area (Å²) in [5.41, 5.74) is 9.97. The summed E-state index contributed by atoms with van der Waals surface area (Å²) >= 11 is 5.62. The molecule has 0 fully saturated rings. The van der Waals surface area contributed by atoms with Crippen molar-refractivity contribution in [3.63, 3.8) is 0 Å². The highest BCUT2D eigenvalue weighted by Crippen LogP contribution is 2.41. The first-order chi connectivity index (χ1) is 25.2. The van der Waals surface area contributed by atoms with Gasteiger partial charge in [0, 0.05) is 60.5 Å². The Morgan fingerprint density at radius 3 is 0.824 bits per heavy atom. The Hall–Kier alpha value is -5.58. The highest BCUT2D eigenvalue weighted by Gasteiger charge is 2.12. The van der Waals surface area contributed by atoms with Gasteiger partial charge in [0.1, 0.15) is 0 Å². The molecular weight excluding hydrogens is 673 g/mol. The van der Waals surface area contributed by atoms with Gasteiger partial charge in [-0.3, -0.25) is 0 Å². The fourth-order valence-electron chi connectivity index (χ4n) is 7.70. The molecule has 11 aromatic rings. The number of fused-ring (bicyclic) bond motifs is 9. The van der Waals surface area contributed by atoms with E-state index in [-0.39, 0.29) is 0 Å². The maximum atomic E-state index is 2.39. The van der Waals surface area contributed by atoms with Gasteiger partial charge in [-0.15, -0.1) is 34.0 Å². The molecule has 0 N–H and O–H groups in total. The molecule has 0 amide bonds. The molecule has 238 valence electrons. The minimum absolute atomic E-state index is 1.24. The highest BCUT2D eigenvalue weighted by atomic mass is 32.1. The van der Waals surface area contributed by atoms with E-state index in [1.54, 1.807) is 0 Å². The summed E-state index contributed by atoms with van der Waals surface area (Å²) in [5.74, 6) is 0. The Labute approximate surface area is 307 Å². The molecule has 0 unspecified atom stereocenters.